The van der Waals surface area contributed by atoms with Crippen molar-refractivity contribution in [3.8, 4) is 28.3 Å². The summed E-state index contributed by atoms with van der Waals surface area (Å²) < 4.78 is 13.5. The van der Waals surface area contributed by atoms with E-state index in [-0.39, 0.29) is 5.82 Å². The summed E-state index contributed by atoms with van der Waals surface area (Å²) in [7, 11) is 0. The Morgan fingerprint density at radius 3 is 2.17 bits per heavy atom. The first-order valence-electron chi connectivity index (χ1n) is 9.93. The number of hydrogen-bond acceptors (Lipinski definition) is 2. The van der Waals surface area contributed by atoms with E-state index >= 15 is 0 Å². The Balaban J connectivity index is 1.98. The van der Waals surface area contributed by atoms with Gasteiger partial charge < -0.3 is 4.90 Å². The zero-order chi connectivity index (χ0) is 20.4. The molecule has 0 unspecified atom stereocenters. The Hall–Kier alpha value is -2.83. The minimum absolute atomic E-state index is 0.273. The van der Waals surface area contributed by atoms with Gasteiger partial charge in [-0.1, -0.05) is 35.9 Å². The highest BCUT2D eigenvalue weighted by Crippen LogP contribution is 2.41. The maximum Gasteiger partial charge on any atom is 0.123 e. The molecule has 0 aliphatic carbocycles. The fourth-order valence-electron chi connectivity index (χ4n) is 4.17. The average Bonchev–Trinajstić information content (AvgIpc) is 2.75. The Morgan fingerprint density at radius 2 is 1.55 bits per heavy atom. The van der Waals surface area contributed by atoms with Crippen LogP contribution < -0.4 is 4.90 Å². The third kappa shape index (κ3) is 3.86. The van der Waals surface area contributed by atoms with E-state index in [1.165, 1.54) is 18.6 Å². The van der Waals surface area contributed by atoms with Crippen molar-refractivity contribution in [1.82, 2.24) is 0 Å². The largest absolute Gasteiger partial charge is 0.370 e. The third-order valence-corrected chi connectivity index (χ3v) is 5.91. The first kappa shape index (κ1) is 19.5. The number of benzene rings is 3. The van der Waals surface area contributed by atoms with Gasteiger partial charge in [0, 0.05) is 18.1 Å². The molecule has 0 aromatic heterocycles. The average molecular weight is 405 g/mol. The second-order valence-corrected chi connectivity index (χ2v) is 7.93. The van der Waals surface area contributed by atoms with E-state index in [4.69, 9.17) is 11.6 Å². The summed E-state index contributed by atoms with van der Waals surface area (Å²) in [4.78, 5) is 2.32. The van der Waals surface area contributed by atoms with Crippen LogP contribution in [0.15, 0.2) is 54.6 Å². The molecule has 1 aliphatic heterocycles. The monoisotopic (exact) mass is 404 g/mol. The SMILES string of the molecule is Cc1c(C#N)c(N2CCCCC2)cc(-c2ccc(Cl)cc2)c1-c1ccc(F)cc1. The van der Waals surface area contributed by atoms with Gasteiger partial charge in [0.1, 0.15) is 11.9 Å². The van der Waals surface area contributed by atoms with Crippen LogP contribution in [0.2, 0.25) is 5.02 Å². The smallest absolute Gasteiger partial charge is 0.123 e. The van der Waals surface area contributed by atoms with Crippen LogP contribution in [0.25, 0.3) is 22.3 Å². The molecule has 1 fully saturated rings. The van der Waals surface area contributed by atoms with E-state index in [0.717, 1.165) is 59.4 Å². The number of halogens is 2. The topological polar surface area (TPSA) is 27.0 Å². The van der Waals surface area contributed by atoms with Gasteiger partial charge in [0.25, 0.3) is 0 Å². The Bertz CT molecular complexity index is 1060. The molecular weight excluding hydrogens is 383 g/mol. The van der Waals surface area contributed by atoms with Gasteiger partial charge in [0.05, 0.1) is 11.3 Å². The van der Waals surface area contributed by atoms with E-state index in [1.54, 1.807) is 12.1 Å². The summed E-state index contributed by atoms with van der Waals surface area (Å²) in [5, 5.41) is 10.7. The molecule has 4 rings (SSSR count). The number of rotatable bonds is 3. The van der Waals surface area contributed by atoms with Crippen LogP contribution in [-0.4, -0.2) is 13.1 Å². The standard InChI is InChI=1S/C25H22ClFN2/c1-17-23(16-28)24(29-13-3-2-4-14-29)15-22(18-5-9-20(26)10-6-18)25(17)19-7-11-21(27)12-8-19/h5-12,15H,2-4,13-14H2,1H3. The minimum Gasteiger partial charge on any atom is -0.370 e. The van der Waals surface area contributed by atoms with Gasteiger partial charge in [-0.25, -0.2) is 4.39 Å². The van der Waals surface area contributed by atoms with E-state index in [1.807, 2.05) is 31.2 Å². The van der Waals surface area contributed by atoms with Crippen molar-refractivity contribution < 1.29 is 4.39 Å². The lowest BCUT2D eigenvalue weighted by molar-refractivity contribution is 0.577. The van der Waals surface area contributed by atoms with Gasteiger partial charge in [0.15, 0.2) is 0 Å². The second-order valence-electron chi connectivity index (χ2n) is 7.49. The predicted octanol–water partition coefficient (Wildman–Crippen LogP) is 6.98. The van der Waals surface area contributed by atoms with Crippen molar-refractivity contribution in [1.29, 1.82) is 5.26 Å². The van der Waals surface area contributed by atoms with Crippen LogP contribution in [-0.2, 0) is 0 Å². The normalized spacial score (nSPS) is 13.9. The van der Waals surface area contributed by atoms with E-state index in [2.05, 4.69) is 17.0 Å². The number of piperidine rings is 1. The molecule has 0 saturated carbocycles. The molecule has 0 amide bonds. The van der Waals surface area contributed by atoms with Gasteiger partial charge in [-0.3, -0.25) is 0 Å². The summed E-state index contributed by atoms with van der Waals surface area (Å²) in [6, 6.07) is 18.8. The molecule has 0 bridgehead atoms. The highest BCUT2D eigenvalue weighted by Gasteiger charge is 2.22. The number of hydrogen-bond donors (Lipinski definition) is 0. The van der Waals surface area contributed by atoms with Crippen molar-refractivity contribution in [3.63, 3.8) is 0 Å². The third-order valence-electron chi connectivity index (χ3n) is 5.65. The molecule has 29 heavy (non-hydrogen) atoms. The number of nitrogens with zero attached hydrogens (tertiary/aromatic N) is 2. The van der Waals surface area contributed by atoms with Gasteiger partial charge in [0.2, 0.25) is 0 Å². The lowest BCUT2D eigenvalue weighted by atomic mass is 9.87. The molecule has 4 heteroatoms. The molecule has 3 aromatic rings. The van der Waals surface area contributed by atoms with Crippen LogP contribution in [0, 0.1) is 24.1 Å². The molecule has 2 nitrogen and oxygen atoms in total. The summed E-state index contributed by atoms with van der Waals surface area (Å²) in [5.41, 5.74) is 6.53. The van der Waals surface area contributed by atoms with Crippen molar-refractivity contribution in [2.75, 3.05) is 18.0 Å². The summed E-state index contributed by atoms with van der Waals surface area (Å²) in [5.74, 6) is -0.273. The van der Waals surface area contributed by atoms with Crippen molar-refractivity contribution in [3.05, 3.63) is 76.6 Å². The quantitative estimate of drug-likeness (QED) is 0.470. The maximum absolute atomic E-state index is 13.5. The van der Waals surface area contributed by atoms with E-state index < -0.39 is 0 Å². The van der Waals surface area contributed by atoms with E-state index in [9.17, 15) is 9.65 Å². The molecule has 146 valence electrons. The Morgan fingerprint density at radius 1 is 0.931 bits per heavy atom. The molecule has 0 spiro atoms. The number of anilines is 1. The van der Waals surface area contributed by atoms with Crippen molar-refractivity contribution >= 4 is 17.3 Å². The molecule has 1 aliphatic rings. The molecule has 0 atom stereocenters. The van der Waals surface area contributed by atoms with Gasteiger partial charge in [-0.05, 0) is 84.3 Å². The van der Waals surface area contributed by atoms with Crippen LogP contribution >= 0.6 is 11.6 Å². The van der Waals surface area contributed by atoms with Crippen LogP contribution in [0.1, 0.15) is 30.4 Å². The summed E-state index contributed by atoms with van der Waals surface area (Å²) >= 11 is 6.11. The molecule has 3 aromatic carbocycles. The van der Waals surface area contributed by atoms with Gasteiger partial charge in [-0.2, -0.15) is 5.26 Å². The molecular formula is C25H22ClFN2. The fourth-order valence-corrected chi connectivity index (χ4v) is 4.30. The molecule has 0 radical (unpaired) electrons. The Kier molecular flexibility index (Phi) is 5.56. The highest BCUT2D eigenvalue weighted by atomic mass is 35.5. The fraction of sp³-hybridized carbons (Fsp3) is 0.240. The lowest BCUT2D eigenvalue weighted by Crippen LogP contribution is -2.30. The first-order chi connectivity index (χ1) is 14.1. The van der Waals surface area contributed by atoms with Crippen LogP contribution in [0.5, 0.6) is 0 Å². The first-order valence-corrected chi connectivity index (χ1v) is 10.3. The van der Waals surface area contributed by atoms with Crippen LogP contribution in [0.4, 0.5) is 10.1 Å². The van der Waals surface area contributed by atoms with Crippen molar-refractivity contribution in [2.45, 2.75) is 26.2 Å². The summed E-state index contributed by atoms with van der Waals surface area (Å²) in [6.07, 6.45) is 3.51. The highest BCUT2D eigenvalue weighted by molar-refractivity contribution is 6.30. The zero-order valence-corrected chi connectivity index (χ0v) is 17.1. The molecule has 1 heterocycles. The van der Waals surface area contributed by atoms with Crippen LogP contribution in [0.3, 0.4) is 0 Å². The molecule has 0 N–H and O–H groups in total. The minimum atomic E-state index is -0.273. The zero-order valence-electron chi connectivity index (χ0n) is 16.4. The van der Waals surface area contributed by atoms with Crippen molar-refractivity contribution in [2.24, 2.45) is 0 Å². The van der Waals surface area contributed by atoms with Gasteiger partial charge >= 0.3 is 0 Å². The number of nitriles is 1. The second kappa shape index (κ2) is 8.27. The molecule has 1 saturated heterocycles. The Labute approximate surface area is 176 Å². The lowest BCUT2D eigenvalue weighted by Gasteiger charge is -2.31. The predicted molar refractivity (Wildman–Crippen MR) is 118 cm³/mol. The van der Waals surface area contributed by atoms with Gasteiger partial charge in [-0.15, -0.1) is 0 Å². The van der Waals surface area contributed by atoms with E-state index in [0.29, 0.717) is 10.6 Å². The maximum atomic E-state index is 13.5. The summed E-state index contributed by atoms with van der Waals surface area (Å²) in [6.45, 7) is 3.91.